The Labute approximate surface area is 231 Å². The van der Waals surface area contributed by atoms with E-state index in [4.69, 9.17) is 4.74 Å². The molecule has 3 aliphatic rings. The van der Waals surface area contributed by atoms with Crippen LogP contribution < -0.4 is 0 Å². The first-order valence-electron chi connectivity index (χ1n) is 14.1. The summed E-state index contributed by atoms with van der Waals surface area (Å²) in [5.74, 6) is 0.503. The summed E-state index contributed by atoms with van der Waals surface area (Å²) in [6.45, 7) is 11.5. The van der Waals surface area contributed by atoms with Crippen LogP contribution in [0.25, 0.3) is 0 Å². The highest BCUT2D eigenvalue weighted by Crippen LogP contribution is 2.30. The number of hydrogen-bond donors (Lipinski definition) is 0. The number of likely N-dealkylation sites (tertiary alicyclic amines) is 2. The quantitative estimate of drug-likeness (QED) is 0.593. The normalized spacial score (nSPS) is 19.5. The molecule has 8 nitrogen and oxygen atoms in total. The number of carbonyl (C=O) groups is 3. The van der Waals surface area contributed by atoms with Gasteiger partial charge in [0.15, 0.2) is 0 Å². The van der Waals surface area contributed by atoms with Gasteiger partial charge in [-0.15, -0.1) is 0 Å². The molecule has 2 aromatic carbocycles. The second-order valence-electron chi connectivity index (χ2n) is 11.9. The monoisotopic (exact) mass is 532 g/mol. The lowest BCUT2D eigenvalue weighted by molar-refractivity contribution is 0.00851. The molecule has 0 unspecified atom stereocenters. The number of amides is 3. The molecule has 5 rings (SSSR count). The van der Waals surface area contributed by atoms with E-state index in [0.29, 0.717) is 38.1 Å². The Kier molecular flexibility index (Phi) is 7.93. The first-order chi connectivity index (χ1) is 18.7. The number of carbonyl (C=O) groups excluding carboxylic acids is 3. The zero-order valence-corrected chi connectivity index (χ0v) is 23.3. The summed E-state index contributed by atoms with van der Waals surface area (Å²) < 4.78 is 5.52. The van der Waals surface area contributed by atoms with Gasteiger partial charge in [-0.1, -0.05) is 30.3 Å². The highest BCUT2D eigenvalue weighted by Gasteiger charge is 2.37. The molecule has 0 radical (unpaired) electrons. The van der Waals surface area contributed by atoms with Gasteiger partial charge in [0.25, 0.3) is 11.8 Å². The highest BCUT2D eigenvalue weighted by molar-refractivity contribution is 5.95. The minimum Gasteiger partial charge on any atom is -0.444 e. The molecule has 208 valence electrons. The third kappa shape index (κ3) is 6.44. The molecule has 0 aliphatic carbocycles. The van der Waals surface area contributed by atoms with Crippen LogP contribution in [0.1, 0.15) is 65.8 Å². The first-order valence-corrected chi connectivity index (χ1v) is 14.1. The lowest BCUT2D eigenvalue weighted by Gasteiger charge is -2.48. The van der Waals surface area contributed by atoms with Gasteiger partial charge in [0.05, 0.1) is 0 Å². The predicted octanol–water partition coefficient (Wildman–Crippen LogP) is 4.08. The van der Waals surface area contributed by atoms with Crippen molar-refractivity contribution in [2.45, 2.75) is 51.2 Å². The van der Waals surface area contributed by atoms with Crippen molar-refractivity contribution < 1.29 is 19.1 Å². The number of hydrogen-bond acceptors (Lipinski definition) is 5. The molecule has 0 bridgehead atoms. The summed E-state index contributed by atoms with van der Waals surface area (Å²) in [6.07, 6.45) is 1.48. The van der Waals surface area contributed by atoms with Crippen molar-refractivity contribution in [1.29, 1.82) is 0 Å². The van der Waals surface area contributed by atoms with Crippen LogP contribution in [-0.2, 0) is 4.74 Å². The molecule has 8 heteroatoms. The molecule has 0 aromatic heterocycles. The molecule has 3 saturated heterocycles. The topological polar surface area (TPSA) is 73.4 Å². The van der Waals surface area contributed by atoms with Crippen molar-refractivity contribution in [1.82, 2.24) is 19.6 Å². The Morgan fingerprint density at radius 2 is 1.33 bits per heavy atom. The minimum absolute atomic E-state index is 0.0807. The predicted molar refractivity (Wildman–Crippen MR) is 150 cm³/mol. The summed E-state index contributed by atoms with van der Waals surface area (Å²) in [7, 11) is 0. The molecule has 3 fully saturated rings. The van der Waals surface area contributed by atoms with Crippen LogP contribution in [0.15, 0.2) is 54.6 Å². The molecule has 0 N–H and O–H groups in total. The Balaban J connectivity index is 1.09. The van der Waals surface area contributed by atoms with E-state index < -0.39 is 5.60 Å². The van der Waals surface area contributed by atoms with Gasteiger partial charge in [0.2, 0.25) is 0 Å². The standard InChI is InChI=1S/C31H40N4O4/c1-31(2,3)39-30(38)34-14-12-23(13-15-34)25-10-7-11-26(20-25)29(37)35-21-27(22-35)32-16-18-33(19-17-32)28(36)24-8-5-4-6-9-24/h4-11,20,23,27H,12-19,21-22H2,1-3H3. The molecule has 0 atom stereocenters. The Morgan fingerprint density at radius 1 is 0.718 bits per heavy atom. The van der Waals surface area contributed by atoms with Crippen molar-refractivity contribution >= 4 is 17.9 Å². The summed E-state index contributed by atoms with van der Waals surface area (Å²) in [5, 5.41) is 0. The fraction of sp³-hybridized carbons (Fsp3) is 0.516. The highest BCUT2D eigenvalue weighted by atomic mass is 16.6. The SMILES string of the molecule is CC(C)(C)OC(=O)N1CCC(c2cccc(C(=O)N3CC(N4CCN(C(=O)c5ccccc5)CC4)C3)c2)CC1. The lowest BCUT2D eigenvalue weighted by atomic mass is 9.88. The van der Waals surface area contributed by atoms with Gasteiger partial charge in [0.1, 0.15) is 5.60 Å². The van der Waals surface area contributed by atoms with Crippen LogP contribution in [0.5, 0.6) is 0 Å². The van der Waals surface area contributed by atoms with Crippen molar-refractivity contribution in [3.05, 3.63) is 71.3 Å². The van der Waals surface area contributed by atoms with Gasteiger partial charge < -0.3 is 19.4 Å². The third-order valence-electron chi connectivity index (χ3n) is 8.04. The van der Waals surface area contributed by atoms with Gasteiger partial charge in [0, 0.05) is 69.5 Å². The number of rotatable bonds is 4. The summed E-state index contributed by atoms with van der Waals surface area (Å²) in [6, 6.07) is 17.8. The minimum atomic E-state index is -0.492. The molecular weight excluding hydrogens is 492 g/mol. The smallest absolute Gasteiger partial charge is 0.410 e. The van der Waals surface area contributed by atoms with E-state index in [1.54, 1.807) is 4.90 Å². The molecule has 0 saturated carbocycles. The van der Waals surface area contributed by atoms with Gasteiger partial charge in [-0.3, -0.25) is 14.5 Å². The maximum Gasteiger partial charge on any atom is 0.410 e. The zero-order chi connectivity index (χ0) is 27.6. The number of nitrogens with zero attached hydrogens (tertiary/aromatic N) is 4. The van der Waals surface area contributed by atoms with E-state index in [0.717, 1.165) is 50.1 Å². The van der Waals surface area contributed by atoms with E-state index in [1.807, 2.05) is 79.1 Å². The third-order valence-corrected chi connectivity index (χ3v) is 8.04. The summed E-state index contributed by atoms with van der Waals surface area (Å²) >= 11 is 0. The van der Waals surface area contributed by atoms with Gasteiger partial charge in [-0.2, -0.15) is 0 Å². The van der Waals surface area contributed by atoms with Crippen molar-refractivity contribution in [3.63, 3.8) is 0 Å². The Bertz CT molecular complexity index is 1170. The average Bonchev–Trinajstić information content (AvgIpc) is 2.92. The fourth-order valence-corrected chi connectivity index (χ4v) is 5.74. The Morgan fingerprint density at radius 3 is 1.97 bits per heavy atom. The van der Waals surface area contributed by atoms with Crippen molar-refractivity contribution in [3.8, 4) is 0 Å². The second-order valence-corrected chi connectivity index (χ2v) is 11.9. The van der Waals surface area contributed by atoms with Crippen LogP contribution in [0, 0.1) is 0 Å². The maximum atomic E-state index is 13.2. The van der Waals surface area contributed by atoms with Gasteiger partial charge in [-0.05, 0) is 69.4 Å². The number of ether oxygens (including phenoxy) is 1. The maximum absolute atomic E-state index is 13.2. The summed E-state index contributed by atoms with van der Waals surface area (Å²) in [4.78, 5) is 46.4. The van der Waals surface area contributed by atoms with Gasteiger partial charge in [-0.25, -0.2) is 4.79 Å². The number of piperidine rings is 1. The van der Waals surface area contributed by atoms with Crippen LogP contribution in [0.2, 0.25) is 0 Å². The molecule has 3 aliphatic heterocycles. The van der Waals surface area contributed by atoms with E-state index in [-0.39, 0.29) is 17.9 Å². The molecule has 3 heterocycles. The van der Waals surface area contributed by atoms with Crippen molar-refractivity contribution in [2.24, 2.45) is 0 Å². The summed E-state index contributed by atoms with van der Waals surface area (Å²) in [5.41, 5.74) is 2.15. The second kappa shape index (κ2) is 11.4. The van der Waals surface area contributed by atoms with Gasteiger partial charge >= 0.3 is 6.09 Å². The number of benzene rings is 2. The number of piperazine rings is 1. The Hall–Kier alpha value is -3.39. The zero-order valence-electron chi connectivity index (χ0n) is 23.3. The van der Waals surface area contributed by atoms with E-state index >= 15 is 0 Å². The van der Waals surface area contributed by atoms with E-state index in [2.05, 4.69) is 11.0 Å². The van der Waals surface area contributed by atoms with Crippen LogP contribution in [-0.4, -0.2) is 102 Å². The molecule has 0 spiro atoms. The largest absolute Gasteiger partial charge is 0.444 e. The van der Waals surface area contributed by atoms with E-state index in [1.165, 1.54) is 5.56 Å². The average molecular weight is 533 g/mol. The van der Waals surface area contributed by atoms with Crippen LogP contribution in [0.3, 0.4) is 0 Å². The van der Waals surface area contributed by atoms with Crippen LogP contribution >= 0.6 is 0 Å². The van der Waals surface area contributed by atoms with Crippen LogP contribution in [0.4, 0.5) is 4.79 Å². The molecule has 2 aromatic rings. The van der Waals surface area contributed by atoms with Crippen molar-refractivity contribution in [2.75, 3.05) is 52.4 Å². The first kappa shape index (κ1) is 27.2. The molecule has 3 amide bonds. The fourth-order valence-electron chi connectivity index (χ4n) is 5.74. The van der Waals surface area contributed by atoms with E-state index in [9.17, 15) is 14.4 Å². The molecular formula is C31H40N4O4. The molecule has 39 heavy (non-hydrogen) atoms. The lowest BCUT2D eigenvalue weighted by Crippen LogP contribution is -2.64.